The Balaban J connectivity index is 1.78. The lowest BCUT2D eigenvalue weighted by Crippen LogP contribution is -2.68. The molecule has 2 aliphatic rings. The van der Waals surface area contributed by atoms with Gasteiger partial charge in [0.1, 0.15) is 17.1 Å². The van der Waals surface area contributed by atoms with Crippen LogP contribution in [0.3, 0.4) is 0 Å². The van der Waals surface area contributed by atoms with Crippen molar-refractivity contribution in [3.8, 4) is 0 Å². The third kappa shape index (κ3) is 2.76. The van der Waals surface area contributed by atoms with E-state index in [-0.39, 0.29) is 10.9 Å². The highest BCUT2D eigenvalue weighted by atomic mass is 32.2. The van der Waals surface area contributed by atoms with Crippen molar-refractivity contribution < 1.29 is 14.7 Å². The summed E-state index contributed by atoms with van der Waals surface area (Å²) in [6.45, 7) is 0. The van der Waals surface area contributed by atoms with Gasteiger partial charge in [-0.25, -0.2) is 4.79 Å². The third-order valence-electron chi connectivity index (χ3n) is 3.55. The van der Waals surface area contributed by atoms with Crippen LogP contribution in [0.1, 0.15) is 0 Å². The highest BCUT2D eigenvalue weighted by Gasteiger charge is 2.51. The first-order valence-electron chi connectivity index (χ1n) is 6.79. The molecule has 0 aromatic carbocycles. The van der Waals surface area contributed by atoms with Crippen molar-refractivity contribution >= 4 is 35.4 Å². The average Bonchev–Trinajstić information content (AvgIpc) is 2.55. The fourth-order valence-corrected chi connectivity index (χ4v) is 4.88. The van der Waals surface area contributed by atoms with Crippen LogP contribution in [0, 0.1) is 0 Å². The second kappa shape index (κ2) is 6.11. The molecule has 1 saturated heterocycles. The van der Waals surface area contributed by atoms with E-state index in [1.165, 1.54) is 39.2 Å². The largest absolute Gasteiger partial charge is 0.477 e. The molecular formula is C12H13N5O5S2. The summed E-state index contributed by atoms with van der Waals surface area (Å²) in [6.07, 6.45) is 1.49. The molecule has 2 aliphatic heterocycles. The van der Waals surface area contributed by atoms with Crippen LogP contribution in [-0.2, 0) is 16.6 Å². The van der Waals surface area contributed by atoms with Gasteiger partial charge in [-0.15, -0.1) is 11.8 Å². The Morgan fingerprint density at radius 3 is 2.88 bits per heavy atom. The summed E-state index contributed by atoms with van der Waals surface area (Å²) < 4.78 is 1.33. The smallest absolute Gasteiger partial charge is 0.352 e. The lowest BCUT2D eigenvalue weighted by Gasteiger charge is -2.48. The van der Waals surface area contributed by atoms with E-state index >= 15 is 0 Å². The number of carboxylic acids is 1. The van der Waals surface area contributed by atoms with Gasteiger partial charge >= 0.3 is 17.1 Å². The molecule has 10 nitrogen and oxygen atoms in total. The number of fused-ring (bicyclic) bond motifs is 1. The van der Waals surface area contributed by atoms with Crippen molar-refractivity contribution in [3.63, 3.8) is 0 Å². The van der Waals surface area contributed by atoms with Crippen molar-refractivity contribution in [2.24, 2.45) is 12.8 Å². The van der Waals surface area contributed by atoms with Crippen LogP contribution < -0.4 is 16.9 Å². The number of nitrogens with zero attached hydrogens (tertiary/aromatic N) is 3. The van der Waals surface area contributed by atoms with E-state index in [2.05, 4.69) is 10.1 Å². The Bertz CT molecular complexity index is 862. The molecule has 2 unspecified atom stereocenters. The molecule has 0 aliphatic carbocycles. The molecule has 1 aromatic rings. The van der Waals surface area contributed by atoms with E-state index in [0.29, 0.717) is 10.9 Å². The lowest BCUT2D eigenvalue weighted by atomic mass is 10.1. The summed E-state index contributed by atoms with van der Waals surface area (Å²) in [5, 5.41) is 11.3. The number of hydrogen-bond donors (Lipinski definition) is 3. The monoisotopic (exact) mass is 371 g/mol. The van der Waals surface area contributed by atoms with Gasteiger partial charge in [-0.1, -0.05) is 11.8 Å². The van der Waals surface area contributed by atoms with E-state index in [4.69, 9.17) is 5.73 Å². The number of aromatic nitrogens is 3. The Morgan fingerprint density at radius 2 is 2.21 bits per heavy atom. The number of aliphatic carboxylic acids is 1. The zero-order chi connectivity index (χ0) is 17.6. The number of aromatic amines is 1. The molecule has 0 bridgehead atoms. The zero-order valence-electron chi connectivity index (χ0n) is 12.3. The minimum Gasteiger partial charge on any atom is -0.477 e. The SMILES string of the molecule is Cn1[nH]c(=O)c(=O)nc1SCC1C=C(C(=O)O)N2C(=O)C(N)[C@H]2S1. The number of nitrogens with one attached hydrogen (secondary N) is 1. The minimum absolute atomic E-state index is 0.0839. The summed E-state index contributed by atoms with van der Waals surface area (Å²) >= 11 is 2.58. The molecular weight excluding hydrogens is 358 g/mol. The number of hydrogen-bond acceptors (Lipinski definition) is 8. The van der Waals surface area contributed by atoms with Crippen LogP contribution in [0.2, 0.25) is 0 Å². The van der Waals surface area contributed by atoms with Gasteiger partial charge in [0.05, 0.1) is 0 Å². The van der Waals surface area contributed by atoms with E-state index < -0.39 is 34.4 Å². The number of β-lactam (4-membered cyclic amide) rings is 1. The molecule has 3 heterocycles. The maximum atomic E-state index is 11.7. The fourth-order valence-electron chi connectivity index (χ4n) is 2.37. The number of H-pyrrole nitrogens is 1. The second-order valence-electron chi connectivity index (χ2n) is 5.17. The summed E-state index contributed by atoms with van der Waals surface area (Å²) in [5.74, 6) is -1.19. The van der Waals surface area contributed by atoms with Crippen molar-refractivity contribution in [2.75, 3.05) is 5.75 Å². The van der Waals surface area contributed by atoms with Crippen LogP contribution in [-0.4, -0.2) is 59.1 Å². The normalized spacial score (nSPS) is 25.8. The standard InChI is InChI=1S/C12H13N5O5S2/c1-16-12(14-7(18)8(19)15-16)23-3-4-2-5(11(21)22)17-9(20)6(13)10(17)24-4/h2,4,6,10H,3,13H2,1H3,(H,15,19)(H,21,22)/t4?,6?,10-/m1/s1. The second-order valence-corrected chi connectivity index (χ2v) is 7.51. The van der Waals surface area contributed by atoms with Crippen molar-refractivity contribution in [1.82, 2.24) is 19.7 Å². The molecule has 1 fully saturated rings. The maximum absolute atomic E-state index is 11.7. The molecule has 0 radical (unpaired) electrons. The fraction of sp³-hybridized carbons (Fsp3) is 0.417. The summed E-state index contributed by atoms with van der Waals surface area (Å²) in [5.41, 5.74) is 3.96. The van der Waals surface area contributed by atoms with Crippen molar-refractivity contribution in [3.05, 3.63) is 32.5 Å². The highest BCUT2D eigenvalue weighted by Crippen LogP contribution is 2.41. The first-order valence-corrected chi connectivity index (χ1v) is 8.72. The number of carbonyl (C=O) groups is 2. The summed E-state index contributed by atoms with van der Waals surface area (Å²) in [6, 6.07) is -0.721. The van der Waals surface area contributed by atoms with Crippen LogP contribution in [0.25, 0.3) is 0 Å². The first kappa shape index (κ1) is 16.8. The molecule has 12 heteroatoms. The Labute approximate surface area is 143 Å². The Morgan fingerprint density at radius 1 is 1.50 bits per heavy atom. The van der Waals surface area contributed by atoms with Gasteiger partial charge in [0, 0.05) is 18.1 Å². The number of carbonyl (C=O) groups excluding carboxylic acids is 1. The van der Waals surface area contributed by atoms with Gasteiger partial charge in [-0.2, -0.15) is 4.98 Å². The number of rotatable bonds is 4. The van der Waals surface area contributed by atoms with E-state index in [1.54, 1.807) is 7.05 Å². The molecule has 0 saturated carbocycles. The number of aryl methyl sites for hydroxylation is 1. The van der Waals surface area contributed by atoms with Crippen molar-refractivity contribution in [2.45, 2.75) is 21.8 Å². The zero-order valence-corrected chi connectivity index (χ0v) is 14.0. The van der Waals surface area contributed by atoms with Crippen LogP contribution >= 0.6 is 23.5 Å². The molecule has 24 heavy (non-hydrogen) atoms. The number of amides is 1. The molecule has 1 amide bonds. The van der Waals surface area contributed by atoms with E-state index in [9.17, 15) is 24.3 Å². The highest BCUT2D eigenvalue weighted by molar-refractivity contribution is 8.03. The number of carboxylic acid groups (broad SMARTS) is 1. The van der Waals surface area contributed by atoms with Gasteiger partial charge < -0.3 is 10.8 Å². The molecule has 128 valence electrons. The number of thioether (sulfide) groups is 2. The lowest BCUT2D eigenvalue weighted by molar-refractivity contribution is -0.147. The average molecular weight is 371 g/mol. The van der Waals surface area contributed by atoms with Crippen molar-refractivity contribution in [1.29, 1.82) is 0 Å². The molecule has 3 rings (SSSR count). The summed E-state index contributed by atoms with van der Waals surface area (Å²) in [4.78, 5) is 50.4. The molecule has 3 atom stereocenters. The Hall–Kier alpha value is -2.05. The first-order chi connectivity index (χ1) is 11.3. The third-order valence-corrected chi connectivity index (χ3v) is 6.34. The van der Waals surface area contributed by atoms with E-state index in [0.717, 1.165) is 0 Å². The number of nitrogens with two attached hydrogens (primary N) is 1. The predicted octanol–water partition coefficient (Wildman–Crippen LogP) is -1.86. The molecule has 1 aromatic heterocycles. The minimum atomic E-state index is -1.19. The van der Waals surface area contributed by atoms with Gasteiger partial charge in [-0.05, 0) is 6.08 Å². The van der Waals surface area contributed by atoms with E-state index in [1.807, 2.05) is 0 Å². The van der Waals surface area contributed by atoms with Gasteiger partial charge in [0.25, 0.3) is 0 Å². The van der Waals surface area contributed by atoms with Gasteiger partial charge in [-0.3, -0.25) is 29.1 Å². The van der Waals surface area contributed by atoms with Gasteiger partial charge in [0.2, 0.25) is 5.91 Å². The van der Waals surface area contributed by atoms with Crippen LogP contribution in [0.15, 0.2) is 26.5 Å². The van der Waals surface area contributed by atoms with Crippen LogP contribution in [0.5, 0.6) is 0 Å². The topological polar surface area (TPSA) is 151 Å². The quantitative estimate of drug-likeness (QED) is 0.314. The molecule has 0 spiro atoms. The summed E-state index contributed by atoms with van der Waals surface area (Å²) in [7, 11) is 1.55. The maximum Gasteiger partial charge on any atom is 0.352 e. The molecule has 4 N–H and O–H groups in total. The Kier molecular flexibility index (Phi) is 4.27. The van der Waals surface area contributed by atoms with Crippen LogP contribution in [0.4, 0.5) is 0 Å². The predicted molar refractivity (Wildman–Crippen MR) is 86.5 cm³/mol. The van der Waals surface area contributed by atoms with Gasteiger partial charge in [0.15, 0.2) is 5.16 Å².